The minimum Gasteiger partial charge on any atom is -0.417 e. The lowest BCUT2D eigenvalue weighted by Gasteiger charge is -2.56. The molecule has 3 heteroatoms. The summed E-state index contributed by atoms with van der Waals surface area (Å²) in [7, 11) is -1.72. The van der Waals surface area contributed by atoms with Crippen LogP contribution in [0.15, 0.2) is 23.8 Å². The minimum atomic E-state index is -1.72. The fourth-order valence-corrected chi connectivity index (χ4v) is 8.74. The van der Waals surface area contributed by atoms with Crippen molar-refractivity contribution in [3.63, 3.8) is 0 Å². The van der Waals surface area contributed by atoms with Gasteiger partial charge >= 0.3 is 0 Å². The SMILES string of the molecule is CC(CO[Si](C)(C)C(C)(C)C)[C@H]1CCC2[C@]1(C)CC[C@H]1CC3CC=C/C(=C/C[C@@]21O)C3. The Morgan fingerprint density at radius 2 is 1.97 bits per heavy atom. The lowest BCUT2D eigenvalue weighted by atomic mass is 9.52. The summed E-state index contributed by atoms with van der Waals surface area (Å²) in [4.78, 5) is 0. The molecule has 0 aromatic rings. The molecule has 0 radical (unpaired) electrons. The second kappa shape index (κ2) is 8.13. The zero-order valence-electron chi connectivity index (χ0n) is 21.3. The zero-order chi connectivity index (χ0) is 22.7. The van der Waals surface area contributed by atoms with Crippen LogP contribution >= 0.6 is 0 Å². The van der Waals surface area contributed by atoms with E-state index in [1.165, 1.54) is 50.5 Å². The molecule has 2 bridgehead atoms. The van der Waals surface area contributed by atoms with Crippen LogP contribution in [-0.2, 0) is 4.43 Å². The molecule has 4 rings (SSSR count). The Balaban J connectivity index is 1.52. The monoisotopic (exact) mass is 444 g/mol. The van der Waals surface area contributed by atoms with E-state index in [1.54, 1.807) is 0 Å². The fourth-order valence-electron chi connectivity index (χ4n) is 7.63. The molecule has 0 heterocycles. The summed E-state index contributed by atoms with van der Waals surface area (Å²) in [6.07, 6.45) is 16.6. The molecule has 0 aromatic heterocycles. The van der Waals surface area contributed by atoms with Crippen molar-refractivity contribution in [2.45, 2.75) is 110 Å². The molecule has 0 saturated heterocycles. The normalized spacial score (nSPS) is 43.3. The third-order valence-electron chi connectivity index (χ3n) is 10.6. The number of rotatable bonds is 4. The predicted octanol–water partition coefficient (Wildman–Crippen LogP) is 7.50. The van der Waals surface area contributed by atoms with Crippen LogP contribution < -0.4 is 0 Å². The van der Waals surface area contributed by atoms with E-state index in [-0.39, 0.29) is 10.5 Å². The standard InChI is InChI=1S/C28H48O2Si/c1-20(19-30-31(6,7)26(2,3)4)24-11-12-25-27(24,5)15-14-23-18-22-10-8-9-21(17-22)13-16-28(23,25)29/h8-9,13,20,22-25,29H,10-12,14-19H2,1-7H3/b21-13-/t20?,22?,23-,24+,25?,27+,28-/m0/s1. The summed E-state index contributed by atoms with van der Waals surface area (Å²) in [5.74, 6) is 2.91. The highest BCUT2D eigenvalue weighted by Gasteiger charge is 2.61. The van der Waals surface area contributed by atoms with Gasteiger partial charge in [-0.05, 0) is 105 Å². The van der Waals surface area contributed by atoms with Gasteiger partial charge < -0.3 is 9.53 Å². The topological polar surface area (TPSA) is 29.5 Å². The second-order valence-electron chi connectivity index (χ2n) is 13.4. The highest BCUT2D eigenvalue weighted by atomic mass is 28.4. The van der Waals surface area contributed by atoms with Gasteiger partial charge in [-0.2, -0.15) is 0 Å². The fraction of sp³-hybridized carbons (Fsp3) is 0.857. The lowest BCUT2D eigenvalue weighted by molar-refractivity contribution is -0.152. The zero-order valence-corrected chi connectivity index (χ0v) is 22.3. The maximum atomic E-state index is 12.3. The van der Waals surface area contributed by atoms with E-state index in [0.29, 0.717) is 23.7 Å². The van der Waals surface area contributed by atoms with Crippen LogP contribution in [0.4, 0.5) is 0 Å². The summed E-state index contributed by atoms with van der Waals surface area (Å²) in [6.45, 7) is 17.6. The van der Waals surface area contributed by atoms with E-state index in [0.717, 1.165) is 18.9 Å². The molecule has 2 saturated carbocycles. The van der Waals surface area contributed by atoms with Crippen LogP contribution in [0.3, 0.4) is 0 Å². The summed E-state index contributed by atoms with van der Waals surface area (Å²) >= 11 is 0. The van der Waals surface area contributed by atoms with E-state index in [2.05, 4.69) is 65.9 Å². The predicted molar refractivity (Wildman–Crippen MR) is 133 cm³/mol. The van der Waals surface area contributed by atoms with E-state index < -0.39 is 13.9 Å². The highest BCUT2D eigenvalue weighted by Crippen LogP contribution is 2.64. The van der Waals surface area contributed by atoms with E-state index in [4.69, 9.17) is 4.43 Å². The lowest BCUT2D eigenvalue weighted by Crippen LogP contribution is -2.56. The molecule has 0 amide bonds. The molecule has 4 aliphatic carbocycles. The molecule has 3 unspecified atom stereocenters. The third-order valence-corrected chi connectivity index (χ3v) is 15.1. The Hall–Kier alpha value is -0.383. The van der Waals surface area contributed by atoms with Gasteiger partial charge in [-0.25, -0.2) is 0 Å². The maximum Gasteiger partial charge on any atom is 0.191 e. The molecule has 1 N–H and O–H groups in total. The van der Waals surface area contributed by atoms with Gasteiger partial charge in [0.2, 0.25) is 0 Å². The molecule has 0 spiro atoms. The Morgan fingerprint density at radius 3 is 2.68 bits per heavy atom. The van der Waals surface area contributed by atoms with Crippen LogP contribution in [0.5, 0.6) is 0 Å². The summed E-state index contributed by atoms with van der Waals surface area (Å²) in [5.41, 5.74) is 1.22. The van der Waals surface area contributed by atoms with Crippen molar-refractivity contribution in [1.82, 2.24) is 0 Å². The largest absolute Gasteiger partial charge is 0.417 e. The van der Waals surface area contributed by atoms with Crippen LogP contribution in [0.2, 0.25) is 18.1 Å². The Bertz CT molecular complexity index is 732. The first kappa shape index (κ1) is 23.8. The van der Waals surface area contributed by atoms with Gasteiger partial charge in [0.25, 0.3) is 0 Å². The third kappa shape index (κ3) is 4.17. The molecule has 0 aliphatic heterocycles. The van der Waals surface area contributed by atoms with Crippen molar-refractivity contribution in [2.24, 2.45) is 35.0 Å². The number of hydrogen-bond acceptors (Lipinski definition) is 2. The van der Waals surface area contributed by atoms with Crippen molar-refractivity contribution in [3.05, 3.63) is 23.8 Å². The quantitative estimate of drug-likeness (QED) is 0.455. The number of hydrogen-bond donors (Lipinski definition) is 1. The molecule has 176 valence electrons. The van der Waals surface area contributed by atoms with Crippen molar-refractivity contribution in [3.8, 4) is 0 Å². The first-order valence-electron chi connectivity index (χ1n) is 13.1. The first-order chi connectivity index (χ1) is 14.4. The van der Waals surface area contributed by atoms with Gasteiger partial charge in [0.1, 0.15) is 0 Å². The Morgan fingerprint density at radius 1 is 1.23 bits per heavy atom. The van der Waals surface area contributed by atoms with Gasteiger partial charge in [-0.15, -0.1) is 0 Å². The molecule has 7 atom stereocenters. The van der Waals surface area contributed by atoms with Crippen molar-refractivity contribution in [2.75, 3.05) is 6.61 Å². The summed E-state index contributed by atoms with van der Waals surface area (Å²) < 4.78 is 6.67. The average molecular weight is 445 g/mol. The van der Waals surface area contributed by atoms with Crippen molar-refractivity contribution in [1.29, 1.82) is 0 Å². The molecule has 2 nitrogen and oxygen atoms in total. The molecule has 4 aliphatic rings. The average Bonchev–Trinajstić information content (AvgIpc) is 3.04. The molecule has 31 heavy (non-hydrogen) atoms. The molecule has 2 fully saturated rings. The van der Waals surface area contributed by atoms with Gasteiger partial charge in [0, 0.05) is 6.61 Å². The number of fused-ring (bicyclic) bond motifs is 5. The smallest absolute Gasteiger partial charge is 0.191 e. The van der Waals surface area contributed by atoms with Crippen molar-refractivity contribution < 1.29 is 9.53 Å². The summed E-state index contributed by atoms with van der Waals surface area (Å²) in [6, 6.07) is 0. The van der Waals surface area contributed by atoms with E-state index in [9.17, 15) is 5.11 Å². The molecular weight excluding hydrogens is 396 g/mol. The first-order valence-corrected chi connectivity index (χ1v) is 16.0. The minimum absolute atomic E-state index is 0.254. The second-order valence-corrected chi connectivity index (χ2v) is 18.3. The van der Waals surface area contributed by atoms with Crippen LogP contribution in [0.25, 0.3) is 0 Å². The van der Waals surface area contributed by atoms with E-state index in [1.807, 2.05) is 0 Å². The highest BCUT2D eigenvalue weighted by molar-refractivity contribution is 6.74. The maximum absolute atomic E-state index is 12.3. The Kier molecular flexibility index (Phi) is 6.23. The van der Waals surface area contributed by atoms with Crippen molar-refractivity contribution >= 4 is 8.32 Å². The molecular formula is C28H48O2Si. The van der Waals surface area contributed by atoms with Gasteiger partial charge in [0.05, 0.1) is 5.60 Å². The van der Waals surface area contributed by atoms with Gasteiger partial charge in [0.15, 0.2) is 8.32 Å². The van der Waals surface area contributed by atoms with E-state index >= 15 is 0 Å². The number of allylic oxidation sites excluding steroid dienone is 3. The Labute approximate surface area is 193 Å². The van der Waals surface area contributed by atoms with Crippen LogP contribution in [0, 0.1) is 35.0 Å². The summed E-state index contributed by atoms with van der Waals surface area (Å²) in [5, 5.41) is 12.5. The van der Waals surface area contributed by atoms with Gasteiger partial charge in [-0.3, -0.25) is 0 Å². The number of aliphatic hydroxyl groups is 1. The van der Waals surface area contributed by atoms with Crippen LogP contribution in [0.1, 0.15) is 86.0 Å². The van der Waals surface area contributed by atoms with Crippen LogP contribution in [-0.4, -0.2) is 25.6 Å². The van der Waals surface area contributed by atoms with Gasteiger partial charge in [-0.1, -0.05) is 58.4 Å². The molecule has 0 aromatic carbocycles.